The molecular formula is C20H27NO5. The van der Waals surface area contributed by atoms with Crippen molar-refractivity contribution in [3.05, 3.63) is 29.8 Å². The van der Waals surface area contributed by atoms with Crippen molar-refractivity contribution in [1.82, 2.24) is 4.90 Å². The van der Waals surface area contributed by atoms with Crippen LogP contribution in [0.15, 0.2) is 24.3 Å². The van der Waals surface area contributed by atoms with Gasteiger partial charge in [-0.1, -0.05) is 6.07 Å². The second kappa shape index (κ2) is 8.08. The van der Waals surface area contributed by atoms with E-state index in [1.807, 2.05) is 12.1 Å². The van der Waals surface area contributed by atoms with Crippen LogP contribution in [0.5, 0.6) is 5.75 Å². The van der Waals surface area contributed by atoms with Crippen LogP contribution in [0.2, 0.25) is 0 Å². The highest BCUT2D eigenvalue weighted by atomic mass is 16.5. The fraction of sp³-hybridized carbons (Fsp3) is 0.600. The Bertz CT molecular complexity index is 651. The summed E-state index contributed by atoms with van der Waals surface area (Å²) in [6, 6.07) is 7.23. The van der Waals surface area contributed by atoms with Crippen LogP contribution in [-0.4, -0.2) is 54.8 Å². The van der Waals surface area contributed by atoms with Crippen molar-refractivity contribution in [2.24, 2.45) is 5.41 Å². The quantitative estimate of drug-likeness (QED) is 0.843. The molecule has 1 aromatic carbocycles. The lowest BCUT2D eigenvalue weighted by atomic mass is 9.80. The van der Waals surface area contributed by atoms with Crippen molar-refractivity contribution in [3.63, 3.8) is 0 Å². The molecule has 2 aliphatic rings. The Balaban J connectivity index is 1.72. The predicted molar refractivity (Wildman–Crippen MR) is 96.4 cm³/mol. The minimum absolute atomic E-state index is 0.108. The van der Waals surface area contributed by atoms with Crippen LogP contribution in [0.25, 0.3) is 0 Å². The number of nitrogens with zero attached hydrogens (tertiary/aromatic N) is 1. The Kier molecular flexibility index (Phi) is 5.81. The molecule has 26 heavy (non-hydrogen) atoms. The van der Waals surface area contributed by atoms with Crippen LogP contribution in [0.3, 0.4) is 0 Å². The van der Waals surface area contributed by atoms with Gasteiger partial charge in [-0.05, 0) is 56.7 Å². The van der Waals surface area contributed by atoms with Gasteiger partial charge in [-0.2, -0.15) is 0 Å². The average molecular weight is 361 g/mol. The molecule has 1 N–H and O–H groups in total. The number of piperidine rings is 1. The van der Waals surface area contributed by atoms with Gasteiger partial charge in [-0.25, -0.2) is 0 Å². The molecule has 0 spiro atoms. The number of aliphatic carboxylic acids is 1. The second-order valence-electron chi connectivity index (χ2n) is 7.40. The van der Waals surface area contributed by atoms with E-state index < -0.39 is 11.4 Å². The molecule has 6 nitrogen and oxygen atoms in total. The minimum Gasteiger partial charge on any atom is -0.490 e. The van der Waals surface area contributed by atoms with Gasteiger partial charge in [0.25, 0.3) is 5.91 Å². The smallest absolute Gasteiger partial charge is 0.313 e. The third-order valence-electron chi connectivity index (χ3n) is 5.42. The van der Waals surface area contributed by atoms with Crippen LogP contribution in [0, 0.1) is 5.41 Å². The van der Waals surface area contributed by atoms with Crippen molar-refractivity contribution in [3.8, 4) is 5.75 Å². The third-order valence-corrected chi connectivity index (χ3v) is 5.42. The zero-order valence-corrected chi connectivity index (χ0v) is 15.3. The first-order valence-electron chi connectivity index (χ1n) is 9.32. The number of carboxylic acids is 1. The molecule has 0 radical (unpaired) electrons. The van der Waals surface area contributed by atoms with E-state index in [9.17, 15) is 14.7 Å². The first-order valence-corrected chi connectivity index (χ1v) is 9.32. The Morgan fingerprint density at radius 3 is 2.73 bits per heavy atom. The maximum atomic E-state index is 12.9. The molecule has 1 aromatic rings. The number of likely N-dealkylation sites (tertiary alicyclic amines) is 1. The molecule has 0 bridgehead atoms. The molecule has 1 amide bonds. The Morgan fingerprint density at radius 1 is 1.27 bits per heavy atom. The highest BCUT2D eigenvalue weighted by Crippen LogP contribution is 2.32. The normalized spacial score (nSPS) is 23.8. The Labute approximate surface area is 154 Å². The van der Waals surface area contributed by atoms with E-state index >= 15 is 0 Å². The summed E-state index contributed by atoms with van der Waals surface area (Å²) in [6.45, 7) is 0.838. The molecule has 142 valence electrons. The first-order chi connectivity index (χ1) is 12.5. The van der Waals surface area contributed by atoms with Gasteiger partial charge in [0.15, 0.2) is 0 Å². The fourth-order valence-corrected chi connectivity index (χ4v) is 4.02. The maximum absolute atomic E-state index is 12.9. The number of carbonyl (C=O) groups is 2. The lowest BCUT2D eigenvalue weighted by Gasteiger charge is -2.39. The van der Waals surface area contributed by atoms with E-state index in [0.717, 1.165) is 12.8 Å². The summed E-state index contributed by atoms with van der Waals surface area (Å²) in [4.78, 5) is 26.4. The molecule has 3 rings (SSSR count). The molecule has 1 unspecified atom stereocenters. The topological polar surface area (TPSA) is 76.1 Å². The summed E-state index contributed by atoms with van der Waals surface area (Å²) in [7, 11) is 1.50. The molecule has 2 fully saturated rings. The second-order valence-corrected chi connectivity index (χ2v) is 7.40. The monoisotopic (exact) mass is 361 g/mol. The zero-order chi connectivity index (χ0) is 18.6. The van der Waals surface area contributed by atoms with Crippen LogP contribution < -0.4 is 4.74 Å². The molecule has 6 heteroatoms. The molecular weight excluding hydrogens is 334 g/mol. The van der Waals surface area contributed by atoms with E-state index in [1.165, 1.54) is 20.0 Å². The number of rotatable bonds is 6. The van der Waals surface area contributed by atoms with Gasteiger partial charge >= 0.3 is 5.97 Å². The van der Waals surface area contributed by atoms with Gasteiger partial charge in [-0.15, -0.1) is 0 Å². The largest absolute Gasteiger partial charge is 0.490 e. The number of ether oxygens (including phenoxy) is 2. The lowest BCUT2D eigenvalue weighted by Crippen LogP contribution is -2.52. The Morgan fingerprint density at radius 2 is 2.04 bits per heavy atom. The summed E-state index contributed by atoms with van der Waals surface area (Å²) in [5.41, 5.74) is -0.486. The molecule has 0 aromatic heterocycles. The maximum Gasteiger partial charge on any atom is 0.313 e. The van der Waals surface area contributed by atoms with E-state index in [4.69, 9.17) is 9.47 Å². The predicted octanol–water partition coefficient (Wildman–Crippen LogP) is 2.96. The first kappa shape index (κ1) is 18.7. The standard InChI is InChI=1S/C20H27NO5/c1-25-14-20(19(23)24)10-5-11-21(13-20)18(22)15-6-4-9-17(12-15)26-16-7-2-3-8-16/h4,6,9,12,16H,2-3,5,7-8,10-11,13-14H2,1H3,(H,23,24). The molecule has 1 heterocycles. The number of carbonyl (C=O) groups excluding carboxylic acids is 1. The van der Waals surface area contributed by atoms with Gasteiger partial charge in [-0.3, -0.25) is 9.59 Å². The van der Waals surface area contributed by atoms with Crippen molar-refractivity contribution < 1.29 is 24.2 Å². The summed E-state index contributed by atoms with van der Waals surface area (Å²) in [5, 5.41) is 9.66. The van der Waals surface area contributed by atoms with E-state index in [0.29, 0.717) is 30.7 Å². The highest BCUT2D eigenvalue weighted by molar-refractivity contribution is 5.95. The van der Waals surface area contributed by atoms with Crippen molar-refractivity contribution >= 4 is 11.9 Å². The van der Waals surface area contributed by atoms with Gasteiger partial charge in [0, 0.05) is 25.8 Å². The lowest BCUT2D eigenvalue weighted by molar-refractivity contribution is -0.155. The van der Waals surface area contributed by atoms with Crippen LogP contribution >= 0.6 is 0 Å². The van der Waals surface area contributed by atoms with Gasteiger partial charge in [0.1, 0.15) is 11.2 Å². The number of carboxylic acid groups (broad SMARTS) is 1. The zero-order valence-electron chi connectivity index (χ0n) is 15.3. The number of amides is 1. The third kappa shape index (κ3) is 4.01. The summed E-state index contributed by atoms with van der Waals surface area (Å²) >= 11 is 0. The number of hydrogen-bond donors (Lipinski definition) is 1. The molecule has 1 atom stereocenters. The van der Waals surface area contributed by atoms with Crippen molar-refractivity contribution in [2.45, 2.75) is 44.6 Å². The Hall–Kier alpha value is -2.08. The van der Waals surface area contributed by atoms with Crippen LogP contribution in [-0.2, 0) is 9.53 Å². The van der Waals surface area contributed by atoms with E-state index in [2.05, 4.69) is 0 Å². The van der Waals surface area contributed by atoms with Crippen LogP contribution in [0.1, 0.15) is 48.9 Å². The van der Waals surface area contributed by atoms with Crippen molar-refractivity contribution in [2.75, 3.05) is 26.8 Å². The molecule has 1 saturated carbocycles. The minimum atomic E-state index is -1.03. The van der Waals surface area contributed by atoms with Gasteiger partial charge in [0.2, 0.25) is 0 Å². The fourth-order valence-electron chi connectivity index (χ4n) is 4.02. The number of benzene rings is 1. The SMILES string of the molecule is COCC1(C(=O)O)CCCN(C(=O)c2cccc(OC3CCCC3)c2)C1. The highest BCUT2D eigenvalue weighted by Gasteiger charge is 2.44. The summed E-state index contributed by atoms with van der Waals surface area (Å²) < 4.78 is 11.1. The average Bonchev–Trinajstić information content (AvgIpc) is 3.14. The molecule has 1 saturated heterocycles. The number of methoxy groups -OCH3 is 1. The molecule has 1 aliphatic carbocycles. The summed E-state index contributed by atoms with van der Waals surface area (Å²) in [5.74, 6) is -0.348. The molecule has 1 aliphatic heterocycles. The van der Waals surface area contributed by atoms with E-state index in [-0.39, 0.29) is 25.2 Å². The van der Waals surface area contributed by atoms with Crippen molar-refractivity contribution in [1.29, 1.82) is 0 Å². The van der Waals surface area contributed by atoms with E-state index in [1.54, 1.807) is 17.0 Å². The number of hydrogen-bond acceptors (Lipinski definition) is 4. The van der Waals surface area contributed by atoms with Gasteiger partial charge < -0.3 is 19.5 Å². The summed E-state index contributed by atoms with van der Waals surface area (Å²) in [6.07, 6.45) is 5.90. The van der Waals surface area contributed by atoms with Gasteiger partial charge in [0.05, 0.1) is 12.7 Å². The van der Waals surface area contributed by atoms with Crippen LogP contribution in [0.4, 0.5) is 0 Å².